The number of nitrogens with one attached hydrogen (secondary N) is 1. The van der Waals surface area contributed by atoms with Crippen LogP contribution in [0.25, 0.3) is 0 Å². The summed E-state index contributed by atoms with van der Waals surface area (Å²) in [4.78, 5) is 5.43. The van der Waals surface area contributed by atoms with E-state index in [0.717, 1.165) is 51.5 Å². The van der Waals surface area contributed by atoms with E-state index in [0.29, 0.717) is 42.2 Å². The highest BCUT2D eigenvalue weighted by Gasteiger charge is 2.66. The monoisotopic (exact) mass is 380 g/mol. The second-order valence-corrected chi connectivity index (χ2v) is 10.5. The lowest BCUT2D eigenvalue weighted by molar-refractivity contribution is -0.211. The van der Waals surface area contributed by atoms with Gasteiger partial charge in [0.1, 0.15) is 0 Å². The Hall–Kier alpha value is -0.200. The molecule has 0 heterocycles. The van der Waals surface area contributed by atoms with E-state index in [1.165, 1.54) is 12.8 Å². The third-order valence-electron chi connectivity index (χ3n) is 9.67. The molecule has 5 heteroatoms. The van der Waals surface area contributed by atoms with Crippen molar-refractivity contribution in [3.05, 3.63) is 0 Å². The molecule has 5 nitrogen and oxygen atoms in total. The van der Waals surface area contributed by atoms with E-state index in [2.05, 4.69) is 19.3 Å². The molecule has 0 bridgehead atoms. The molecule has 156 valence electrons. The van der Waals surface area contributed by atoms with Crippen molar-refractivity contribution in [2.75, 3.05) is 19.7 Å². The molecule has 0 aromatic heterocycles. The molecule has 0 aromatic rings. The van der Waals surface area contributed by atoms with Crippen LogP contribution in [0, 0.1) is 34.5 Å². The number of rotatable bonds is 5. The van der Waals surface area contributed by atoms with Crippen LogP contribution in [0.1, 0.15) is 71.6 Å². The highest BCUT2D eigenvalue weighted by atomic mass is 16.6. The Kier molecular flexibility index (Phi) is 5.39. The fourth-order valence-corrected chi connectivity index (χ4v) is 7.93. The van der Waals surface area contributed by atoms with E-state index in [4.69, 9.17) is 10.6 Å². The molecule has 4 aliphatic carbocycles. The molecule has 4 saturated carbocycles. The first kappa shape index (κ1) is 20.1. The average molecular weight is 381 g/mol. The lowest BCUT2D eigenvalue weighted by atomic mass is 9.43. The van der Waals surface area contributed by atoms with Crippen molar-refractivity contribution >= 4 is 0 Å². The molecule has 4 fully saturated rings. The van der Waals surface area contributed by atoms with E-state index < -0.39 is 5.60 Å². The molecule has 8 atom stereocenters. The fraction of sp³-hybridized carbons (Fsp3) is 1.00. The van der Waals surface area contributed by atoms with Crippen LogP contribution in [0.15, 0.2) is 0 Å². The van der Waals surface area contributed by atoms with Crippen LogP contribution in [0.5, 0.6) is 0 Å². The molecule has 5 N–H and O–H groups in total. The Morgan fingerprint density at radius 3 is 2.63 bits per heavy atom. The number of fused-ring (bicyclic) bond motifs is 5. The lowest BCUT2D eigenvalue weighted by Crippen LogP contribution is -2.62. The van der Waals surface area contributed by atoms with Crippen molar-refractivity contribution in [3.63, 3.8) is 0 Å². The molecule has 3 unspecified atom stereocenters. The first-order valence-electron chi connectivity index (χ1n) is 11.3. The van der Waals surface area contributed by atoms with Gasteiger partial charge in [-0.05, 0) is 86.9 Å². The summed E-state index contributed by atoms with van der Waals surface area (Å²) in [5.41, 5.74) is 8.36. The van der Waals surface area contributed by atoms with Crippen molar-refractivity contribution in [2.45, 2.75) is 83.3 Å². The molecule has 4 aliphatic rings. The maximum atomic E-state index is 12.1. The van der Waals surface area contributed by atoms with Gasteiger partial charge in [-0.1, -0.05) is 13.8 Å². The Morgan fingerprint density at radius 1 is 1.04 bits per heavy atom. The Balaban J connectivity index is 1.52. The summed E-state index contributed by atoms with van der Waals surface area (Å²) in [7, 11) is 0. The van der Waals surface area contributed by atoms with Gasteiger partial charge in [0.25, 0.3) is 0 Å². The molecule has 27 heavy (non-hydrogen) atoms. The van der Waals surface area contributed by atoms with Gasteiger partial charge in [-0.15, -0.1) is 0 Å². The molecule has 4 rings (SSSR count). The number of aliphatic hydroxyl groups excluding tert-OH is 1. The van der Waals surface area contributed by atoms with Crippen LogP contribution in [0.2, 0.25) is 0 Å². The largest absolute Gasteiger partial charge is 0.393 e. The van der Waals surface area contributed by atoms with E-state index in [1.807, 2.05) is 0 Å². The quantitative estimate of drug-likeness (QED) is 0.435. The molecule has 0 amide bonds. The topological polar surface area (TPSA) is 87.7 Å². The Bertz CT molecular complexity index is 546. The van der Waals surface area contributed by atoms with E-state index in [-0.39, 0.29) is 11.5 Å². The van der Waals surface area contributed by atoms with Crippen molar-refractivity contribution in [3.8, 4) is 0 Å². The number of hydrogen-bond donors (Lipinski definition) is 4. The SMILES string of the molecule is C[C@]12CCC(O)CC1CC[C@@H]1[C@H]2CC[C@]2(C)C(CNOCCN)CC[C@@]12O. The molecular weight excluding hydrogens is 340 g/mol. The normalized spacial score (nSPS) is 52.1. The van der Waals surface area contributed by atoms with Gasteiger partial charge in [-0.25, -0.2) is 5.48 Å². The van der Waals surface area contributed by atoms with Gasteiger partial charge in [0.15, 0.2) is 0 Å². The van der Waals surface area contributed by atoms with Crippen molar-refractivity contribution in [1.29, 1.82) is 0 Å². The maximum Gasteiger partial charge on any atom is 0.0804 e. The van der Waals surface area contributed by atoms with Gasteiger partial charge >= 0.3 is 0 Å². The van der Waals surface area contributed by atoms with E-state index in [1.54, 1.807) is 0 Å². The highest BCUT2D eigenvalue weighted by molar-refractivity contribution is 5.16. The second kappa shape index (κ2) is 7.24. The summed E-state index contributed by atoms with van der Waals surface area (Å²) >= 11 is 0. The number of hydroxylamine groups is 1. The van der Waals surface area contributed by atoms with Gasteiger partial charge in [0.05, 0.1) is 18.3 Å². The van der Waals surface area contributed by atoms with E-state index >= 15 is 0 Å². The molecule has 0 saturated heterocycles. The van der Waals surface area contributed by atoms with Crippen molar-refractivity contribution in [2.24, 2.45) is 40.2 Å². The summed E-state index contributed by atoms with van der Waals surface area (Å²) in [5.74, 6) is 2.13. The first-order chi connectivity index (χ1) is 12.8. The maximum absolute atomic E-state index is 12.1. The minimum Gasteiger partial charge on any atom is -0.393 e. The first-order valence-corrected chi connectivity index (χ1v) is 11.3. The van der Waals surface area contributed by atoms with Gasteiger partial charge in [0.2, 0.25) is 0 Å². The molecule has 0 aliphatic heterocycles. The highest BCUT2D eigenvalue weighted by Crippen LogP contribution is 2.68. The molecule has 0 aromatic carbocycles. The third kappa shape index (κ3) is 3.00. The van der Waals surface area contributed by atoms with Crippen LogP contribution in [0.4, 0.5) is 0 Å². The minimum atomic E-state index is -0.541. The second-order valence-electron chi connectivity index (χ2n) is 10.5. The summed E-state index contributed by atoms with van der Waals surface area (Å²) in [6.07, 6.45) is 9.59. The predicted molar refractivity (Wildman–Crippen MR) is 106 cm³/mol. The number of aliphatic hydroxyl groups is 2. The van der Waals surface area contributed by atoms with Crippen LogP contribution >= 0.6 is 0 Å². The standard InChI is InChI=1S/C22H40N2O3/c1-20-8-6-17(25)13-15(20)3-4-19-18(20)7-9-21(2)16(5-10-22(19,21)26)14-24-27-12-11-23/h15-19,24-26H,3-14,23H2,1-2H3/t15?,16?,17?,18-,19-,20+,21-,22-/m1/s1. The zero-order valence-electron chi connectivity index (χ0n) is 17.3. The van der Waals surface area contributed by atoms with Crippen LogP contribution in [-0.2, 0) is 4.84 Å². The summed E-state index contributed by atoms with van der Waals surface area (Å²) < 4.78 is 0. The van der Waals surface area contributed by atoms with Crippen LogP contribution < -0.4 is 11.2 Å². The van der Waals surface area contributed by atoms with Gasteiger partial charge in [-0.3, -0.25) is 0 Å². The summed E-state index contributed by atoms with van der Waals surface area (Å²) in [5, 5.41) is 22.2. The molecule has 0 spiro atoms. The molecular formula is C22H40N2O3. The minimum absolute atomic E-state index is 0.0232. The van der Waals surface area contributed by atoms with Gasteiger partial charge in [0, 0.05) is 18.5 Å². The molecule has 0 radical (unpaired) electrons. The predicted octanol–water partition coefficient (Wildman–Crippen LogP) is 2.60. The number of nitrogens with two attached hydrogens (primary N) is 1. The fourth-order valence-electron chi connectivity index (χ4n) is 7.93. The van der Waals surface area contributed by atoms with Crippen molar-refractivity contribution < 1.29 is 15.1 Å². The number of hydrogen-bond acceptors (Lipinski definition) is 5. The zero-order chi connectivity index (χ0) is 19.3. The Morgan fingerprint density at radius 2 is 1.85 bits per heavy atom. The van der Waals surface area contributed by atoms with Crippen LogP contribution in [-0.4, -0.2) is 41.6 Å². The van der Waals surface area contributed by atoms with E-state index in [9.17, 15) is 10.2 Å². The smallest absolute Gasteiger partial charge is 0.0804 e. The van der Waals surface area contributed by atoms with Crippen molar-refractivity contribution in [1.82, 2.24) is 5.48 Å². The third-order valence-corrected chi connectivity index (χ3v) is 9.67. The zero-order valence-corrected chi connectivity index (χ0v) is 17.3. The van der Waals surface area contributed by atoms with Crippen LogP contribution in [0.3, 0.4) is 0 Å². The summed E-state index contributed by atoms with van der Waals surface area (Å²) in [6, 6.07) is 0. The lowest BCUT2D eigenvalue weighted by Gasteiger charge is -2.63. The van der Waals surface area contributed by atoms with Gasteiger partial charge in [-0.2, -0.15) is 0 Å². The Labute approximate surface area is 164 Å². The summed E-state index contributed by atoms with van der Waals surface area (Å²) in [6.45, 7) is 6.68. The van der Waals surface area contributed by atoms with Gasteiger partial charge < -0.3 is 20.8 Å². The average Bonchev–Trinajstić information content (AvgIpc) is 2.91.